The number of rotatable bonds is 2. The summed E-state index contributed by atoms with van der Waals surface area (Å²) in [6.07, 6.45) is 1.41. The molecule has 0 aliphatic carbocycles. The van der Waals surface area contributed by atoms with Crippen molar-refractivity contribution in [3.63, 3.8) is 0 Å². The van der Waals surface area contributed by atoms with Crippen molar-refractivity contribution in [2.45, 2.75) is 6.42 Å². The fourth-order valence-corrected chi connectivity index (χ4v) is 0.123. The third kappa shape index (κ3) is 19.1. The molecule has 0 spiro atoms. The minimum absolute atomic E-state index is 0.0556. The molecule has 0 saturated heterocycles. The van der Waals surface area contributed by atoms with Crippen LogP contribution in [-0.4, -0.2) is 23.3 Å². The van der Waals surface area contributed by atoms with E-state index in [9.17, 15) is 4.79 Å². The lowest BCUT2D eigenvalue weighted by molar-refractivity contribution is -0.135. The van der Waals surface area contributed by atoms with E-state index in [0.29, 0.717) is 0 Å². The molecule has 0 unspecified atom stereocenters. The smallest absolute Gasteiger partial charge is 0.307 e. The molecule has 48 valence electrons. The van der Waals surface area contributed by atoms with E-state index >= 15 is 0 Å². The van der Waals surface area contributed by atoms with Gasteiger partial charge in [0.05, 0.1) is 6.42 Å². The van der Waals surface area contributed by atoms with Gasteiger partial charge in [-0.25, -0.2) is 0 Å². The number of carboxylic acid groups (broad SMARTS) is 1. The van der Waals surface area contributed by atoms with Crippen molar-refractivity contribution in [2.24, 2.45) is 0 Å². The Bertz CT molecular complexity index is 68.1. The maximum atomic E-state index is 9.53. The number of aliphatic hydroxyl groups excluding tert-OH is 1. The molecule has 0 aromatic rings. The van der Waals surface area contributed by atoms with Crippen LogP contribution in [0.4, 0.5) is 0 Å². The summed E-state index contributed by atoms with van der Waals surface area (Å²) in [5.74, 6) is -0.829. The summed E-state index contributed by atoms with van der Waals surface area (Å²) in [6.45, 7) is 3.22. The van der Waals surface area contributed by atoms with Gasteiger partial charge in [-0.2, -0.15) is 0 Å². The molecular weight excluding hydrogens is 108 g/mol. The molecule has 0 fully saturated rings. The summed E-state index contributed by atoms with van der Waals surface area (Å²) >= 11 is 0. The van der Waals surface area contributed by atoms with Gasteiger partial charge >= 0.3 is 5.97 Å². The number of carbonyl (C=O) groups is 1. The minimum atomic E-state index is -0.829. The minimum Gasteiger partial charge on any atom is -0.481 e. The normalized spacial score (nSPS) is 6.25. The fraction of sp³-hybridized carbons (Fsp3) is 0.400. The summed E-state index contributed by atoms with van der Waals surface area (Å²) in [5.41, 5.74) is 0. The van der Waals surface area contributed by atoms with Gasteiger partial charge in [0.2, 0.25) is 0 Å². The van der Waals surface area contributed by atoms with Gasteiger partial charge in [-0.15, -0.1) is 6.58 Å². The monoisotopic (exact) mass is 118 g/mol. The molecule has 8 heavy (non-hydrogen) atoms. The lowest BCUT2D eigenvalue weighted by atomic mass is 10.4. The van der Waals surface area contributed by atoms with Crippen molar-refractivity contribution < 1.29 is 15.0 Å². The van der Waals surface area contributed by atoms with Gasteiger partial charge in [0.15, 0.2) is 0 Å². The average molecular weight is 118 g/mol. The van der Waals surface area contributed by atoms with Gasteiger partial charge < -0.3 is 10.2 Å². The molecule has 0 radical (unpaired) electrons. The molecule has 0 aromatic heterocycles. The number of aliphatic carboxylic acids is 1. The largest absolute Gasteiger partial charge is 0.481 e. The molecular formula is C5H10O3. The summed E-state index contributed by atoms with van der Waals surface area (Å²) in [4.78, 5) is 9.53. The highest BCUT2D eigenvalue weighted by molar-refractivity contribution is 5.68. The zero-order valence-electron chi connectivity index (χ0n) is 4.79. The summed E-state index contributed by atoms with van der Waals surface area (Å²) in [7, 11) is 1.00. The third-order valence-electron chi connectivity index (χ3n) is 0.319. The first kappa shape index (κ1) is 10.2. The van der Waals surface area contributed by atoms with Gasteiger partial charge in [-0.05, 0) is 0 Å². The molecule has 0 saturated carbocycles. The summed E-state index contributed by atoms with van der Waals surface area (Å²) < 4.78 is 0. The SMILES string of the molecule is C=CCC(=O)O.CO. The highest BCUT2D eigenvalue weighted by atomic mass is 16.4. The standard InChI is InChI=1S/C4H6O2.CH4O/c1-2-3-4(5)6;1-2/h2H,1,3H2,(H,5,6);2H,1H3. The zero-order chi connectivity index (χ0) is 6.99. The van der Waals surface area contributed by atoms with Gasteiger partial charge in [0.1, 0.15) is 0 Å². The van der Waals surface area contributed by atoms with E-state index in [1.807, 2.05) is 0 Å². The van der Waals surface area contributed by atoms with E-state index in [1.54, 1.807) is 0 Å². The molecule has 0 aliphatic rings. The van der Waals surface area contributed by atoms with E-state index in [1.165, 1.54) is 6.08 Å². The topological polar surface area (TPSA) is 57.5 Å². The van der Waals surface area contributed by atoms with Gasteiger partial charge in [-0.3, -0.25) is 4.79 Å². The highest BCUT2D eigenvalue weighted by Crippen LogP contribution is 1.74. The van der Waals surface area contributed by atoms with Crippen molar-refractivity contribution in [1.29, 1.82) is 0 Å². The Morgan fingerprint density at radius 3 is 2.12 bits per heavy atom. The maximum absolute atomic E-state index is 9.53. The van der Waals surface area contributed by atoms with E-state index < -0.39 is 5.97 Å². The maximum Gasteiger partial charge on any atom is 0.307 e. The number of carboxylic acids is 1. The van der Waals surface area contributed by atoms with E-state index in [4.69, 9.17) is 10.2 Å². The molecule has 0 aliphatic heterocycles. The van der Waals surface area contributed by atoms with Crippen molar-refractivity contribution >= 4 is 5.97 Å². The summed E-state index contributed by atoms with van der Waals surface area (Å²) in [5, 5.41) is 14.8. The van der Waals surface area contributed by atoms with Crippen LogP contribution in [0.25, 0.3) is 0 Å². The lowest BCUT2D eigenvalue weighted by Crippen LogP contribution is -1.88. The Hall–Kier alpha value is -0.830. The van der Waals surface area contributed by atoms with Crippen LogP contribution in [0.1, 0.15) is 6.42 Å². The first-order valence-electron chi connectivity index (χ1n) is 2.04. The molecule has 0 heterocycles. The van der Waals surface area contributed by atoms with E-state index in [-0.39, 0.29) is 6.42 Å². The zero-order valence-corrected chi connectivity index (χ0v) is 4.79. The first-order chi connectivity index (χ1) is 3.77. The van der Waals surface area contributed by atoms with E-state index in [0.717, 1.165) is 7.11 Å². The molecule has 0 amide bonds. The van der Waals surface area contributed by atoms with Crippen LogP contribution < -0.4 is 0 Å². The van der Waals surface area contributed by atoms with Crippen LogP contribution in [0, 0.1) is 0 Å². The van der Waals surface area contributed by atoms with Crippen LogP contribution in [0.3, 0.4) is 0 Å². The molecule has 0 aromatic carbocycles. The Labute approximate surface area is 48.3 Å². The number of hydrogen-bond donors (Lipinski definition) is 2. The van der Waals surface area contributed by atoms with Crippen LogP contribution >= 0.6 is 0 Å². The molecule has 0 atom stereocenters. The second kappa shape index (κ2) is 9.48. The van der Waals surface area contributed by atoms with Crippen LogP contribution in [0.15, 0.2) is 12.7 Å². The molecule has 3 heteroatoms. The van der Waals surface area contributed by atoms with Gasteiger partial charge in [0, 0.05) is 7.11 Å². The predicted molar refractivity (Wildman–Crippen MR) is 30.6 cm³/mol. The van der Waals surface area contributed by atoms with Gasteiger partial charge in [-0.1, -0.05) is 6.08 Å². The lowest BCUT2D eigenvalue weighted by Gasteiger charge is -1.75. The van der Waals surface area contributed by atoms with Crippen LogP contribution in [-0.2, 0) is 4.79 Å². The molecule has 3 nitrogen and oxygen atoms in total. The average Bonchev–Trinajstić information content (AvgIpc) is 1.72. The first-order valence-corrected chi connectivity index (χ1v) is 2.04. The molecule has 0 rings (SSSR count). The highest BCUT2D eigenvalue weighted by Gasteiger charge is 1.84. The van der Waals surface area contributed by atoms with Crippen molar-refractivity contribution in [3.8, 4) is 0 Å². The predicted octanol–water partition coefficient (Wildman–Crippen LogP) is 0.256. The second-order valence-electron chi connectivity index (χ2n) is 0.887. The van der Waals surface area contributed by atoms with Crippen molar-refractivity contribution in [1.82, 2.24) is 0 Å². The Balaban J connectivity index is 0. The van der Waals surface area contributed by atoms with Crippen molar-refractivity contribution in [3.05, 3.63) is 12.7 Å². The third-order valence-corrected chi connectivity index (χ3v) is 0.319. The Morgan fingerprint density at radius 2 is 2.12 bits per heavy atom. The number of aliphatic hydroxyl groups is 1. The molecule has 0 bridgehead atoms. The fourth-order valence-electron chi connectivity index (χ4n) is 0.123. The Morgan fingerprint density at radius 1 is 1.75 bits per heavy atom. The number of hydrogen-bond acceptors (Lipinski definition) is 2. The van der Waals surface area contributed by atoms with E-state index in [2.05, 4.69) is 6.58 Å². The molecule has 2 N–H and O–H groups in total. The van der Waals surface area contributed by atoms with Crippen LogP contribution in [0.2, 0.25) is 0 Å². The van der Waals surface area contributed by atoms with Crippen molar-refractivity contribution in [2.75, 3.05) is 7.11 Å². The van der Waals surface area contributed by atoms with Gasteiger partial charge in [0.25, 0.3) is 0 Å². The summed E-state index contributed by atoms with van der Waals surface area (Å²) in [6, 6.07) is 0. The Kier molecular flexibility index (Phi) is 12.1. The van der Waals surface area contributed by atoms with Crippen LogP contribution in [0.5, 0.6) is 0 Å². The quantitative estimate of drug-likeness (QED) is 0.511. The second-order valence-corrected chi connectivity index (χ2v) is 0.887.